The number of halogens is 2. The van der Waals surface area contributed by atoms with Crippen molar-refractivity contribution in [3.05, 3.63) is 70.4 Å². The number of benzene rings is 2. The molecule has 2 aromatic carbocycles. The molecule has 140 valence electrons. The van der Waals surface area contributed by atoms with E-state index in [0.29, 0.717) is 29.1 Å². The molecule has 4 nitrogen and oxygen atoms in total. The van der Waals surface area contributed by atoms with Crippen molar-refractivity contribution in [3.8, 4) is 0 Å². The number of rotatable bonds is 5. The van der Waals surface area contributed by atoms with Gasteiger partial charge in [-0.15, -0.1) is 0 Å². The van der Waals surface area contributed by atoms with Crippen molar-refractivity contribution in [2.45, 2.75) is 28.8 Å². The van der Waals surface area contributed by atoms with Crippen LogP contribution in [0, 0.1) is 5.92 Å². The van der Waals surface area contributed by atoms with E-state index in [1.807, 2.05) is 24.3 Å². The minimum absolute atomic E-state index is 0.119. The number of aromatic amines is 1. The van der Waals surface area contributed by atoms with E-state index < -0.39 is 21.6 Å². The number of nitrogens with one attached hydrogen (secondary N) is 2. The number of aromatic nitrogens is 1. The normalized spacial score (nSPS) is 26.4. The minimum atomic E-state index is -0.865. The Morgan fingerprint density at radius 1 is 1.22 bits per heavy atom. The number of hydrogen-bond donors (Lipinski definition) is 3. The van der Waals surface area contributed by atoms with E-state index in [0.717, 1.165) is 17.3 Å². The summed E-state index contributed by atoms with van der Waals surface area (Å²) < 4.78 is 10.3. The fourth-order valence-electron chi connectivity index (χ4n) is 4.37. The van der Waals surface area contributed by atoms with Gasteiger partial charge in [-0.3, -0.25) is 0 Å². The summed E-state index contributed by atoms with van der Waals surface area (Å²) in [6.45, 7) is 0. The Labute approximate surface area is 173 Å². The molecule has 0 radical (unpaired) electrons. The third-order valence-corrected chi connectivity index (χ3v) is 8.20. The summed E-state index contributed by atoms with van der Waals surface area (Å²) in [6, 6.07) is 16.4. The third-order valence-electron chi connectivity index (χ3n) is 5.77. The number of carbonyl (C=O) groups is 1. The van der Waals surface area contributed by atoms with Crippen molar-refractivity contribution in [1.82, 2.24) is 10.3 Å². The molecule has 1 aliphatic heterocycles. The van der Waals surface area contributed by atoms with Gasteiger partial charge in [-0.2, -0.15) is 0 Å². The zero-order valence-electron chi connectivity index (χ0n) is 14.5. The molecule has 4 atom stereocenters. The molecule has 1 saturated heterocycles. The van der Waals surface area contributed by atoms with Crippen LogP contribution in [0.5, 0.6) is 0 Å². The molecule has 5 rings (SSSR count). The molecular formula is C21H19ClIN2O2-. The fraction of sp³-hybridized carbons (Fsp3) is 0.286. The van der Waals surface area contributed by atoms with Crippen LogP contribution in [0.15, 0.2) is 48.5 Å². The van der Waals surface area contributed by atoms with Crippen molar-refractivity contribution >= 4 is 28.3 Å². The van der Waals surface area contributed by atoms with Crippen LogP contribution >= 0.6 is 11.6 Å². The summed E-state index contributed by atoms with van der Waals surface area (Å²) in [5.41, 5.74) is 4.23. The van der Waals surface area contributed by atoms with Crippen LogP contribution in [0.2, 0.25) is 5.02 Å². The van der Waals surface area contributed by atoms with E-state index in [1.54, 1.807) is 0 Å². The molecular weight excluding hydrogens is 475 g/mol. The van der Waals surface area contributed by atoms with E-state index in [2.05, 4.69) is 34.6 Å². The van der Waals surface area contributed by atoms with Gasteiger partial charge in [0.15, 0.2) is 0 Å². The second-order valence-electron chi connectivity index (χ2n) is 7.41. The van der Waals surface area contributed by atoms with Crippen molar-refractivity contribution < 1.29 is 29.9 Å². The number of Topliss-reactive ketones (excluding diaryl/α,β-unsaturated/α-hetero) is 1. The molecule has 3 aromatic rings. The number of H-pyrrole nitrogens is 1. The van der Waals surface area contributed by atoms with Gasteiger partial charge >= 0.3 is 174 Å². The van der Waals surface area contributed by atoms with Gasteiger partial charge < -0.3 is 0 Å². The van der Waals surface area contributed by atoms with Crippen LogP contribution in [-0.2, 0) is 6.42 Å². The zero-order valence-corrected chi connectivity index (χ0v) is 17.4. The summed E-state index contributed by atoms with van der Waals surface area (Å²) in [7, 11) is 0. The molecule has 6 heteroatoms. The monoisotopic (exact) mass is 493 g/mol. The van der Waals surface area contributed by atoms with E-state index in [-0.39, 0.29) is 15.7 Å². The molecule has 1 aromatic heterocycles. The van der Waals surface area contributed by atoms with E-state index >= 15 is 0 Å². The first-order valence-corrected chi connectivity index (χ1v) is 11.7. The number of alkyl halides is 1. The average Bonchev–Trinajstić information content (AvgIpc) is 3.13. The molecule has 0 amide bonds. The van der Waals surface area contributed by atoms with Gasteiger partial charge in [0, 0.05) is 0 Å². The van der Waals surface area contributed by atoms with Crippen molar-refractivity contribution in [3.63, 3.8) is 0 Å². The zero-order chi connectivity index (χ0) is 18.5. The predicted octanol–water partition coefficient (Wildman–Crippen LogP) is 0.644. The molecule has 3 N–H and O–H groups in total. The van der Waals surface area contributed by atoms with Crippen LogP contribution < -0.4 is 26.9 Å². The van der Waals surface area contributed by atoms with Gasteiger partial charge in [0.2, 0.25) is 0 Å². The second-order valence-corrected chi connectivity index (χ2v) is 9.74. The standard InChI is InChI=1S/C21H19ClIN2O2/c22-13-5-6-16-12(7-13)9-17(24-16)19(26)10-18-21(25-18)15-8-11-3-1-2-4-14(11)20(15)23-27/h1-7,9,15,18,20-21,24-25,27H,8,10H2/q-1/t15-,18?,20?,21?/m1/s1. The van der Waals surface area contributed by atoms with Crippen molar-refractivity contribution in [2.75, 3.05) is 0 Å². The Balaban J connectivity index is 1.28. The molecule has 0 spiro atoms. The first kappa shape index (κ1) is 17.7. The van der Waals surface area contributed by atoms with E-state index in [1.165, 1.54) is 11.1 Å². The SMILES string of the molecule is O=C(CC1NC1[C@@H]1Cc2ccccc2C1[I-]O)c1cc2cc(Cl)ccc2[nH]1. The number of fused-ring (bicyclic) bond motifs is 2. The quantitative estimate of drug-likeness (QED) is 0.211. The summed E-state index contributed by atoms with van der Waals surface area (Å²) in [4.78, 5) is 15.9. The Kier molecular flexibility index (Phi) is 4.50. The molecule has 3 unspecified atom stereocenters. The Morgan fingerprint density at radius 2 is 2.07 bits per heavy atom. The van der Waals surface area contributed by atoms with Gasteiger partial charge in [-0.25, -0.2) is 0 Å². The van der Waals surface area contributed by atoms with Gasteiger partial charge in [0.25, 0.3) is 0 Å². The van der Waals surface area contributed by atoms with Crippen molar-refractivity contribution in [1.29, 1.82) is 0 Å². The summed E-state index contributed by atoms with van der Waals surface area (Å²) >= 11 is 5.17. The Bertz CT molecular complexity index is 1030. The number of hydrogen-bond acceptors (Lipinski definition) is 3. The number of carbonyl (C=O) groups excluding carboxylic acids is 1. The number of ketones is 1. The van der Waals surface area contributed by atoms with Crippen LogP contribution in [0.4, 0.5) is 0 Å². The fourth-order valence-corrected chi connectivity index (χ4v) is 6.58. The molecule has 0 saturated carbocycles. The van der Waals surface area contributed by atoms with E-state index in [4.69, 9.17) is 11.6 Å². The van der Waals surface area contributed by atoms with Crippen molar-refractivity contribution in [2.24, 2.45) is 5.92 Å². The maximum absolute atomic E-state index is 12.7. The van der Waals surface area contributed by atoms with Gasteiger partial charge in [0.1, 0.15) is 0 Å². The first-order chi connectivity index (χ1) is 13.1. The second kappa shape index (κ2) is 6.88. The molecule has 0 bridgehead atoms. The molecule has 2 aliphatic rings. The summed E-state index contributed by atoms with van der Waals surface area (Å²) in [5, 5.41) is 5.13. The molecule has 1 fully saturated rings. The molecule has 2 heterocycles. The average molecular weight is 494 g/mol. The molecule has 27 heavy (non-hydrogen) atoms. The van der Waals surface area contributed by atoms with Gasteiger partial charge in [-0.1, -0.05) is 0 Å². The maximum atomic E-state index is 12.7. The first-order valence-electron chi connectivity index (χ1n) is 9.06. The van der Waals surface area contributed by atoms with E-state index in [9.17, 15) is 8.23 Å². The van der Waals surface area contributed by atoms with Crippen LogP contribution in [0.3, 0.4) is 0 Å². The summed E-state index contributed by atoms with van der Waals surface area (Å²) in [6.07, 6.45) is 1.48. The van der Waals surface area contributed by atoms with Crippen LogP contribution in [0.1, 0.15) is 32.0 Å². The Morgan fingerprint density at radius 3 is 2.93 bits per heavy atom. The van der Waals surface area contributed by atoms with Crippen LogP contribution in [0.25, 0.3) is 10.9 Å². The topological polar surface area (TPSA) is 75.0 Å². The Hall–Kier alpha value is -1.41. The molecule has 1 aliphatic carbocycles. The third kappa shape index (κ3) is 3.20. The van der Waals surface area contributed by atoms with Gasteiger partial charge in [-0.05, 0) is 0 Å². The van der Waals surface area contributed by atoms with Gasteiger partial charge in [0.05, 0.1) is 0 Å². The predicted molar refractivity (Wildman–Crippen MR) is 102 cm³/mol. The summed E-state index contributed by atoms with van der Waals surface area (Å²) in [5.74, 6) is 0.521. The van der Waals surface area contributed by atoms with Crippen LogP contribution in [-0.4, -0.2) is 26.3 Å².